The van der Waals surface area contributed by atoms with Crippen LogP contribution >= 0.6 is 0 Å². The van der Waals surface area contributed by atoms with Crippen LogP contribution in [0.2, 0.25) is 0 Å². The number of benzene rings is 2. The Labute approximate surface area is 194 Å². The molecule has 0 bridgehead atoms. The minimum absolute atomic E-state index is 0.0392. The lowest BCUT2D eigenvalue weighted by atomic mass is 10.2. The van der Waals surface area contributed by atoms with E-state index in [-0.39, 0.29) is 29.7 Å². The van der Waals surface area contributed by atoms with Gasteiger partial charge in [-0.15, -0.1) is 0 Å². The summed E-state index contributed by atoms with van der Waals surface area (Å²) in [6.45, 7) is -0.194. The maximum absolute atomic E-state index is 13.0. The average Bonchev–Trinajstić information content (AvgIpc) is 3.35. The molecule has 4 rings (SSSR count). The standard InChI is InChI=1S/C24H22N4O6/c1-31-17-7-4-6-16(13-17)25-21(29)14-28-11-5-8-18(24(28)30)23-26-22(27-34-23)15-9-10-19(32-2)20(12-15)33-3/h4-13H,14H2,1-3H3,(H,25,29). The van der Waals surface area contributed by atoms with E-state index in [1.807, 2.05) is 0 Å². The molecule has 10 nitrogen and oxygen atoms in total. The Hall–Kier alpha value is -4.60. The van der Waals surface area contributed by atoms with Crippen LogP contribution in [0.1, 0.15) is 0 Å². The smallest absolute Gasteiger partial charge is 0.263 e. The Kier molecular flexibility index (Phi) is 6.58. The highest BCUT2D eigenvalue weighted by molar-refractivity contribution is 5.90. The maximum Gasteiger partial charge on any atom is 0.263 e. The Morgan fingerprint density at radius 2 is 1.82 bits per heavy atom. The van der Waals surface area contributed by atoms with Crippen molar-refractivity contribution in [1.82, 2.24) is 14.7 Å². The van der Waals surface area contributed by atoms with E-state index in [1.165, 1.54) is 17.9 Å². The highest BCUT2D eigenvalue weighted by atomic mass is 16.5. The quantitative estimate of drug-likeness (QED) is 0.424. The molecule has 0 aliphatic carbocycles. The molecule has 0 fully saturated rings. The Balaban J connectivity index is 1.55. The van der Waals surface area contributed by atoms with Gasteiger partial charge in [-0.25, -0.2) is 0 Å². The summed E-state index contributed by atoms with van der Waals surface area (Å²) in [6.07, 6.45) is 1.52. The Morgan fingerprint density at radius 3 is 2.59 bits per heavy atom. The zero-order valence-electron chi connectivity index (χ0n) is 18.8. The molecule has 0 saturated heterocycles. The number of ether oxygens (including phenoxy) is 3. The third-order valence-corrected chi connectivity index (χ3v) is 4.99. The van der Waals surface area contributed by atoms with Crippen LogP contribution in [0.15, 0.2) is 70.1 Å². The number of nitrogens with zero attached hydrogens (tertiary/aromatic N) is 3. The zero-order chi connectivity index (χ0) is 24.1. The molecule has 1 N–H and O–H groups in total. The van der Waals surface area contributed by atoms with Crippen molar-refractivity contribution >= 4 is 11.6 Å². The number of hydrogen-bond donors (Lipinski definition) is 1. The summed E-state index contributed by atoms with van der Waals surface area (Å²) in [4.78, 5) is 29.8. The predicted octanol–water partition coefficient (Wildman–Crippen LogP) is 3.23. The van der Waals surface area contributed by atoms with Gasteiger partial charge in [-0.3, -0.25) is 9.59 Å². The average molecular weight is 462 g/mol. The first-order valence-corrected chi connectivity index (χ1v) is 10.2. The molecule has 0 unspecified atom stereocenters. The fourth-order valence-electron chi connectivity index (χ4n) is 3.31. The summed E-state index contributed by atoms with van der Waals surface area (Å²) < 4.78 is 22.3. The van der Waals surface area contributed by atoms with Crippen LogP contribution in [0.25, 0.3) is 22.8 Å². The molecule has 174 valence electrons. The lowest BCUT2D eigenvalue weighted by Crippen LogP contribution is -2.28. The molecule has 2 aromatic carbocycles. The summed E-state index contributed by atoms with van der Waals surface area (Å²) in [5.74, 6) is 1.63. The van der Waals surface area contributed by atoms with E-state index < -0.39 is 5.56 Å². The molecule has 2 heterocycles. The van der Waals surface area contributed by atoms with Crippen molar-refractivity contribution in [1.29, 1.82) is 0 Å². The van der Waals surface area contributed by atoms with Crippen LogP contribution in [-0.2, 0) is 11.3 Å². The van der Waals surface area contributed by atoms with E-state index in [1.54, 1.807) is 68.8 Å². The van der Waals surface area contributed by atoms with Crippen LogP contribution in [0.3, 0.4) is 0 Å². The molecular formula is C24H22N4O6. The van der Waals surface area contributed by atoms with E-state index in [4.69, 9.17) is 18.7 Å². The molecule has 2 aromatic heterocycles. The summed E-state index contributed by atoms with van der Waals surface area (Å²) in [5, 5.41) is 6.72. The molecule has 4 aromatic rings. The van der Waals surface area contributed by atoms with Crippen LogP contribution < -0.4 is 25.1 Å². The number of nitrogens with one attached hydrogen (secondary N) is 1. The molecule has 0 atom stereocenters. The number of hydrogen-bond acceptors (Lipinski definition) is 8. The van der Waals surface area contributed by atoms with Crippen molar-refractivity contribution in [3.05, 3.63) is 71.1 Å². The van der Waals surface area contributed by atoms with Crippen molar-refractivity contribution < 1.29 is 23.5 Å². The summed E-state index contributed by atoms with van der Waals surface area (Å²) >= 11 is 0. The second-order valence-electron chi connectivity index (χ2n) is 7.13. The second kappa shape index (κ2) is 9.90. The van der Waals surface area contributed by atoms with Crippen LogP contribution in [0.4, 0.5) is 5.69 Å². The van der Waals surface area contributed by atoms with Gasteiger partial charge in [-0.2, -0.15) is 4.98 Å². The number of rotatable bonds is 8. The number of methoxy groups -OCH3 is 3. The van der Waals surface area contributed by atoms with Crippen molar-refractivity contribution in [2.75, 3.05) is 26.6 Å². The van der Waals surface area contributed by atoms with Gasteiger partial charge in [-0.05, 0) is 42.5 Å². The fourth-order valence-corrected chi connectivity index (χ4v) is 3.31. The van der Waals surface area contributed by atoms with Gasteiger partial charge in [0.1, 0.15) is 17.9 Å². The summed E-state index contributed by atoms with van der Waals surface area (Å²) in [6, 6.07) is 15.3. The first kappa shape index (κ1) is 22.6. The number of aromatic nitrogens is 3. The van der Waals surface area contributed by atoms with E-state index in [0.29, 0.717) is 28.5 Å². The van der Waals surface area contributed by atoms with Gasteiger partial charge in [0.05, 0.1) is 21.3 Å². The first-order valence-electron chi connectivity index (χ1n) is 10.2. The minimum Gasteiger partial charge on any atom is -0.497 e. The number of pyridine rings is 1. The fraction of sp³-hybridized carbons (Fsp3) is 0.167. The van der Waals surface area contributed by atoms with E-state index >= 15 is 0 Å². The highest BCUT2D eigenvalue weighted by Crippen LogP contribution is 2.31. The lowest BCUT2D eigenvalue weighted by molar-refractivity contribution is -0.116. The third-order valence-electron chi connectivity index (χ3n) is 4.99. The molecule has 0 aliphatic heterocycles. The van der Waals surface area contributed by atoms with Gasteiger partial charge < -0.3 is 28.6 Å². The molecule has 0 aliphatic rings. The largest absolute Gasteiger partial charge is 0.497 e. The zero-order valence-corrected chi connectivity index (χ0v) is 18.8. The predicted molar refractivity (Wildman–Crippen MR) is 124 cm³/mol. The lowest BCUT2D eigenvalue weighted by Gasteiger charge is -2.09. The molecule has 34 heavy (non-hydrogen) atoms. The number of carbonyl (C=O) groups excluding carboxylic acids is 1. The minimum atomic E-state index is -0.439. The molecule has 0 radical (unpaired) electrons. The van der Waals surface area contributed by atoms with Gasteiger partial charge >= 0.3 is 0 Å². The van der Waals surface area contributed by atoms with Crippen LogP contribution in [0.5, 0.6) is 17.2 Å². The normalized spacial score (nSPS) is 10.6. The van der Waals surface area contributed by atoms with Crippen molar-refractivity contribution in [3.8, 4) is 40.1 Å². The molecule has 1 amide bonds. The van der Waals surface area contributed by atoms with Gasteiger partial charge in [0, 0.05) is 23.5 Å². The second-order valence-corrected chi connectivity index (χ2v) is 7.13. The Morgan fingerprint density at radius 1 is 1.00 bits per heavy atom. The summed E-state index contributed by atoms with van der Waals surface area (Å²) in [5.41, 5.74) is 0.924. The van der Waals surface area contributed by atoms with Crippen LogP contribution in [0, 0.1) is 0 Å². The van der Waals surface area contributed by atoms with Gasteiger partial charge in [0.25, 0.3) is 11.4 Å². The topological polar surface area (TPSA) is 118 Å². The van der Waals surface area contributed by atoms with Crippen molar-refractivity contribution in [2.24, 2.45) is 0 Å². The molecular weight excluding hydrogens is 440 g/mol. The van der Waals surface area contributed by atoms with Gasteiger partial charge in [-0.1, -0.05) is 11.2 Å². The third kappa shape index (κ3) is 4.75. The maximum atomic E-state index is 13.0. The highest BCUT2D eigenvalue weighted by Gasteiger charge is 2.17. The van der Waals surface area contributed by atoms with E-state index in [2.05, 4.69) is 15.5 Å². The summed E-state index contributed by atoms with van der Waals surface area (Å²) in [7, 11) is 4.61. The molecule has 0 spiro atoms. The Bertz CT molecular complexity index is 1380. The number of anilines is 1. The van der Waals surface area contributed by atoms with E-state index in [9.17, 15) is 9.59 Å². The molecule has 10 heteroatoms. The van der Waals surface area contributed by atoms with Crippen molar-refractivity contribution in [2.45, 2.75) is 6.54 Å². The van der Waals surface area contributed by atoms with Crippen LogP contribution in [-0.4, -0.2) is 41.9 Å². The number of amides is 1. The van der Waals surface area contributed by atoms with Gasteiger partial charge in [0.15, 0.2) is 11.5 Å². The van der Waals surface area contributed by atoms with E-state index in [0.717, 1.165) is 0 Å². The van der Waals surface area contributed by atoms with Gasteiger partial charge in [0.2, 0.25) is 11.7 Å². The SMILES string of the molecule is COc1cccc(NC(=O)Cn2cccc(-c3nc(-c4ccc(OC)c(OC)c4)no3)c2=O)c1. The first-order chi connectivity index (χ1) is 16.5. The number of carbonyl (C=O) groups is 1. The molecule has 0 saturated carbocycles. The monoisotopic (exact) mass is 462 g/mol. The van der Waals surface area contributed by atoms with Crippen molar-refractivity contribution in [3.63, 3.8) is 0 Å².